The van der Waals surface area contributed by atoms with Gasteiger partial charge in [0.2, 0.25) is 5.71 Å². The SMILES string of the molecule is COc1ccc(C(/C=C/C2=C(Cl)C(=C/C=C(\c3ccc(OC)cc3)N3CCOCC3)/CCC2)=[N+]2CCOCC2)cc1.F[B-](F)(F)F. The van der Waals surface area contributed by atoms with Crippen LogP contribution in [0.2, 0.25) is 0 Å². The van der Waals surface area contributed by atoms with E-state index in [9.17, 15) is 17.3 Å². The van der Waals surface area contributed by atoms with Gasteiger partial charge in [-0.3, -0.25) is 0 Å². The minimum Gasteiger partial charge on any atom is -0.497 e. The van der Waals surface area contributed by atoms with Crippen molar-refractivity contribution in [2.24, 2.45) is 0 Å². The Morgan fingerprint density at radius 2 is 1.37 bits per heavy atom. The van der Waals surface area contributed by atoms with E-state index in [2.05, 4.69) is 58.0 Å². The Morgan fingerprint density at radius 3 is 1.93 bits per heavy atom. The maximum atomic E-state index is 9.75. The number of benzene rings is 2. The van der Waals surface area contributed by atoms with Gasteiger partial charge in [-0.1, -0.05) is 23.8 Å². The normalized spacial score (nSPS) is 18.8. The van der Waals surface area contributed by atoms with Crippen LogP contribution in [0.25, 0.3) is 5.70 Å². The van der Waals surface area contributed by atoms with Crippen LogP contribution in [0.15, 0.2) is 89.0 Å². The van der Waals surface area contributed by atoms with Crippen LogP contribution >= 0.6 is 11.6 Å². The predicted molar refractivity (Wildman–Crippen MR) is 175 cm³/mol. The molecule has 2 aromatic carbocycles. The van der Waals surface area contributed by atoms with E-state index in [0.717, 1.165) is 99.5 Å². The number of allylic oxidation sites excluding steroid dienone is 7. The summed E-state index contributed by atoms with van der Waals surface area (Å²) in [5.74, 6) is 1.71. The van der Waals surface area contributed by atoms with Crippen molar-refractivity contribution in [1.82, 2.24) is 4.90 Å². The number of ether oxygens (including phenoxy) is 4. The van der Waals surface area contributed by atoms with Crippen LogP contribution in [0.1, 0.15) is 30.4 Å². The second-order valence-electron chi connectivity index (χ2n) is 10.8. The van der Waals surface area contributed by atoms with E-state index >= 15 is 0 Å². The number of hydrogen-bond acceptors (Lipinski definition) is 5. The van der Waals surface area contributed by atoms with Gasteiger partial charge in [0.25, 0.3) is 0 Å². The fraction of sp³-hybridized carbons (Fsp3) is 0.382. The Balaban J connectivity index is 0.000000892. The largest absolute Gasteiger partial charge is 0.673 e. The standard InChI is InChI=1S/C34H40ClN2O4.BF4/c1-38-30-12-6-26(7-13-30)32(36-18-22-40-23-19-36)16-10-28-4-3-5-29(34(28)35)11-17-33(37-20-24-41-25-21-37)27-8-14-31(39-2)15-9-27;2-1(3,4)5/h6-17H,3-5,18-25H2,1-2H3;/q+1;-1. The molecule has 0 N–H and O–H groups in total. The van der Waals surface area contributed by atoms with E-state index in [-0.39, 0.29) is 0 Å². The third-order valence-corrected chi connectivity index (χ3v) is 8.30. The van der Waals surface area contributed by atoms with Gasteiger partial charge in [-0.2, -0.15) is 0 Å². The molecule has 3 aliphatic rings. The number of nitrogens with zero attached hydrogens (tertiary/aromatic N) is 2. The molecule has 2 aliphatic heterocycles. The average molecular weight is 663 g/mol. The molecular formula is C34H40BClF4N2O4. The van der Waals surface area contributed by atoms with Gasteiger partial charge < -0.3 is 41.1 Å². The third-order valence-electron chi connectivity index (χ3n) is 7.82. The number of halogens is 5. The highest BCUT2D eigenvalue weighted by atomic mass is 35.5. The summed E-state index contributed by atoms with van der Waals surface area (Å²) in [4.78, 5) is 2.39. The molecule has 1 aliphatic carbocycles. The summed E-state index contributed by atoms with van der Waals surface area (Å²) >= 11 is 7.08. The lowest BCUT2D eigenvalue weighted by Gasteiger charge is -2.31. The summed E-state index contributed by atoms with van der Waals surface area (Å²) in [6.07, 6.45) is 11.9. The summed E-state index contributed by atoms with van der Waals surface area (Å²) in [6, 6.07) is 16.5. The lowest BCUT2D eigenvalue weighted by atomic mass is 9.93. The van der Waals surface area contributed by atoms with Gasteiger partial charge in [0.15, 0.2) is 13.1 Å². The van der Waals surface area contributed by atoms with Crippen molar-refractivity contribution in [1.29, 1.82) is 0 Å². The van der Waals surface area contributed by atoms with Gasteiger partial charge >= 0.3 is 7.25 Å². The molecule has 0 atom stereocenters. The predicted octanol–water partition coefficient (Wildman–Crippen LogP) is 7.37. The fourth-order valence-electron chi connectivity index (χ4n) is 5.47. The first-order valence-electron chi connectivity index (χ1n) is 15.3. The highest BCUT2D eigenvalue weighted by Crippen LogP contribution is 2.34. The Bertz CT molecular complexity index is 1430. The summed E-state index contributed by atoms with van der Waals surface area (Å²) in [6.45, 7) is 6.39. The minimum atomic E-state index is -6.00. The van der Waals surface area contributed by atoms with Crippen LogP contribution in [-0.4, -0.2) is 89.3 Å². The molecule has 0 spiro atoms. The molecule has 0 aromatic heterocycles. The van der Waals surface area contributed by atoms with Gasteiger partial charge in [-0.15, -0.1) is 0 Å². The lowest BCUT2D eigenvalue weighted by Crippen LogP contribution is -2.34. The number of rotatable bonds is 8. The van der Waals surface area contributed by atoms with Crippen molar-refractivity contribution >= 4 is 30.3 Å². The molecule has 0 unspecified atom stereocenters. The molecule has 0 saturated carbocycles. The second kappa shape index (κ2) is 17.4. The molecule has 2 fully saturated rings. The molecule has 46 heavy (non-hydrogen) atoms. The molecule has 2 heterocycles. The fourth-order valence-corrected chi connectivity index (χ4v) is 5.78. The van der Waals surface area contributed by atoms with E-state index in [0.29, 0.717) is 0 Å². The summed E-state index contributed by atoms with van der Waals surface area (Å²) in [7, 11) is -2.61. The summed E-state index contributed by atoms with van der Waals surface area (Å²) in [5.41, 5.74) is 7.02. The van der Waals surface area contributed by atoms with Crippen molar-refractivity contribution in [2.45, 2.75) is 19.3 Å². The van der Waals surface area contributed by atoms with E-state index in [1.54, 1.807) is 14.2 Å². The molecule has 5 rings (SSSR count). The zero-order valence-electron chi connectivity index (χ0n) is 26.2. The van der Waals surface area contributed by atoms with Crippen molar-refractivity contribution in [3.63, 3.8) is 0 Å². The first-order chi connectivity index (χ1) is 22.2. The number of methoxy groups -OCH3 is 2. The number of hydrogen-bond donors (Lipinski definition) is 0. The van der Waals surface area contributed by atoms with Crippen LogP contribution in [0.3, 0.4) is 0 Å². The lowest BCUT2D eigenvalue weighted by molar-refractivity contribution is -0.548. The van der Waals surface area contributed by atoms with E-state index < -0.39 is 7.25 Å². The van der Waals surface area contributed by atoms with E-state index in [1.165, 1.54) is 22.6 Å². The van der Waals surface area contributed by atoms with Crippen LogP contribution < -0.4 is 9.47 Å². The van der Waals surface area contributed by atoms with Crippen molar-refractivity contribution in [2.75, 3.05) is 66.8 Å². The smallest absolute Gasteiger partial charge is 0.497 e. The second-order valence-corrected chi connectivity index (χ2v) is 11.2. The first-order valence-corrected chi connectivity index (χ1v) is 15.7. The third kappa shape index (κ3) is 10.8. The van der Waals surface area contributed by atoms with Gasteiger partial charge in [0.1, 0.15) is 24.7 Å². The highest BCUT2D eigenvalue weighted by Gasteiger charge is 2.21. The van der Waals surface area contributed by atoms with Gasteiger partial charge in [-0.25, -0.2) is 4.58 Å². The van der Waals surface area contributed by atoms with E-state index in [1.807, 2.05) is 24.3 Å². The molecule has 0 bridgehead atoms. The van der Waals surface area contributed by atoms with Crippen molar-refractivity contribution in [3.05, 3.63) is 100 Å². The Morgan fingerprint density at radius 1 is 0.826 bits per heavy atom. The topological polar surface area (TPSA) is 43.2 Å². The number of morpholine rings is 2. The highest BCUT2D eigenvalue weighted by molar-refractivity contribution is 6.50. The average Bonchev–Trinajstić information content (AvgIpc) is 3.07. The summed E-state index contributed by atoms with van der Waals surface area (Å²) < 4.78 is 63.4. The summed E-state index contributed by atoms with van der Waals surface area (Å²) in [5, 5.41) is 0.857. The van der Waals surface area contributed by atoms with Gasteiger partial charge in [0, 0.05) is 35.5 Å². The Hall–Kier alpha value is -3.54. The van der Waals surface area contributed by atoms with Gasteiger partial charge in [0.05, 0.1) is 27.4 Å². The zero-order chi connectivity index (χ0) is 32.9. The molecule has 6 nitrogen and oxygen atoms in total. The Kier molecular flexibility index (Phi) is 13.4. The van der Waals surface area contributed by atoms with E-state index in [4.69, 9.17) is 30.5 Å². The Labute approximate surface area is 273 Å². The maximum Gasteiger partial charge on any atom is 0.673 e. The molecule has 12 heteroatoms. The van der Waals surface area contributed by atoms with Crippen molar-refractivity contribution < 1.29 is 40.8 Å². The maximum absolute atomic E-state index is 9.75. The quantitative estimate of drug-likeness (QED) is 0.168. The first kappa shape index (κ1) is 35.3. The molecule has 248 valence electrons. The van der Waals surface area contributed by atoms with Crippen LogP contribution in [-0.2, 0) is 9.47 Å². The van der Waals surface area contributed by atoms with Crippen LogP contribution in [0.5, 0.6) is 11.5 Å². The molecule has 2 saturated heterocycles. The minimum absolute atomic E-state index is 0.732. The van der Waals surface area contributed by atoms with Gasteiger partial charge in [-0.05, 0) is 90.6 Å². The molecule has 0 radical (unpaired) electrons. The molecule has 2 aromatic rings. The monoisotopic (exact) mass is 662 g/mol. The van der Waals surface area contributed by atoms with Crippen molar-refractivity contribution in [3.8, 4) is 11.5 Å². The molecular weight excluding hydrogens is 623 g/mol. The molecule has 0 amide bonds. The van der Waals surface area contributed by atoms with Crippen LogP contribution in [0, 0.1) is 0 Å². The zero-order valence-corrected chi connectivity index (χ0v) is 27.0. The van der Waals surface area contributed by atoms with Crippen LogP contribution in [0.4, 0.5) is 17.3 Å².